The topological polar surface area (TPSA) is 90.5 Å². The number of benzene rings is 1. The van der Waals surface area contributed by atoms with Crippen LogP contribution in [-0.2, 0) is 11.3 Å². The van der Waals surface area contributed by atoms with E-state index in [1.54, 1.807) is 15.6 Å². The molecule has 0 unspecified atom stereocenters. The van der Waals surface area contributed by atoms with E-state index in [4.69, 9.17) is 0 Å². The van der Waals surface area contributed by atoms with Crippen molar-refractivity contribution in [2.24, 2.45) is 0 Å². The smallest absolute Gasteiger partial charge is 0.226 e. The maximum absolute atomic E-state index is 12.1. The van der Waals surface area contributed by atoms with Crippen molar-refractivity contribution in [2.45, 2.75) is 26.8 Å². The number of rotatable bonds is 5. The summed E-state index contributed by atoms with van der Waals surface area (Å²) in [6, 6.07) is 7.40. The van der Waals surface area contributed by atoms with E-state index in [1.807, 2.05) is 44.3 Å². The number of nitrogens with zero attached hydrogens (tertiary/aromatic N) is 6. The van der Waals surface area contributed by atoms with E-state index < -0.39 is 0 Å². The van der Waals surface area contributed by atoms with Gasteiger partial charge in [0.15, 0.2) is 5.82 Å². The van der Waals surface area contributed by atoms with Gasteiger partial charge in [-0.05, 0) is 48.0 Å². The fourth-order valence-electron chi connectivity index (χ4n) is 2.21. The van der Waals surface area contributed by atoms with Gasteiger partial charge in [-0.25, -0.2) is 0 Å². The molecule has 8 nitrogen and oxygen atoms in total. The monoisotopic (exact) mass is 311 g/mol. The molecule has 1 aromatic carbocycles. The van der Waals surface area contributed by atoms with Crippen LogP contribution in [0.1, 0.15) is 17.8 Å². The molecule has 0 bridgehead atoms. The first-order valence-electron chi connectivity index (χ1n) is 7.26. The lowest BCUT2D eigenvalue weighted by atomic mass is 10.2. The molecule has 118 valence electrons. The summed E-state index contributed by atoms with van der Waals surface area (Å²) in [4.78, 5) is 12.1. The highest BCUT2D eigenvalue weighted by atomic mass is 16.1. The number of carbonyl (C=O) groups excluding carboxylic acids is 1. The Kier molecular flexibility index (Phi) is 4.13. The van der Waals surface area contributed by atoms with Crippen molar-refractivity contribution in [3.05, 3.63) is 48.0 Å². The molecule has 3 rings (SSSR count). The molecule has 0 spiro atoms. The van der Waals surface area contributed by atoms with Gasteiger partial charge in [-0.2, -0.15) is 9.78 Å². The molecular weight excluding hydrogens is 294 g/mol. The van der Waals surface area contributed by atoms with Gasteiger partial charge in [0.2, 0.25) is 5.91 Å². The molecule has 2 heterocycles. The Bertz CT molecular complexity index is 821. The molecule has 0 aliphatic carbocycles. The first-order chi connectivity index (χ1) is 11.1. The lowest BCUT2D eigenvalue weighted by molar-refractivity contribution is -0.116. The minimum atomic E-state index is -0.0660. The van der Waals surface area contributed by atoms with Crippen LogP contribution in [0.2, 0.25) is 0 Å². The molecule has 0 aliphatic heterocycles. The third-order valence-corrected chi connectivity index (χ3v) is 3.33. The van der Waals surface area contributed by atoms with Crippen molar-refractivity contribution in [3.8, 4) is 5.69 Å². The predicted octanol–water partition coefficient (Wildman–Crippen LogP) is 1.50. The zero-order valence-corrected chi connectivity index (χ0v) is 13.0. The van der Waals surface area contributed by atoms with Gasteiger partial charge in [0.05, 0.1) is 11.9 Å². The standard InChI is InChI=1S/C15H17N7O/c1-11-9-16-21(10-11)7-6-15(23)17-13-4-3-5-14(8-13)22-12(2)18-19-20-22/h3-5,8-10H,6-7H2,1-2H3,(H,17,23). The normalized spacial score (nSPS) is 10.7. The van der Waals surface area contributed by atoms with Crippen LogP contribution in [0.4, 0.5) is 5.69 Å². The highest BCUT2D eigenvalue weighted by molar-refractivity contribution is 5.90. The fourth-order valence-corrected chi connectivity index (χ4v) is 2.21. The lowest BCUT2D eigenvalue weighted by Gasteiger charge is -2.08. The van der Waals surface area contributed by atoms with Crippen LogP contribution in [0, 0.1) is 13.8 Å². The molecule has 0 aliphatic rings. The molecule has 8 heteroatoms. The van der Waals surface area contributed by atoms with Crippen LogP contribution in [0.5, 0.6) is 0 Å². The Labute approximate surface area is 133 Å². The number of hydrogen-bond donors (Lipinski definition) is 1. The fraction of sp³-hybridized carbons (Fsp3) is 0.267. The van der Waals surface area contributed by atoms with Crippen LogP contribution in [0.3, 0.4) is 0 Å². The summed E-state index contributed by atoms with van der Waals surface area (Å²) in [6.07, 6.45) is 4.04. The first-order valence-corrected chi connectivity index (χ1v) is 7.26. The van der Waals surface area contributed by atoms with E-state index in [-0.39, 0.29) is 5.91 Å². The largest absolute Gasteiger partial charge is 0.326 e. The number of anilines is 1. The Morgan fingerprint density at radius 1 is 1.30 bits per heavy atom. The molecule has 0 saturated carbocycles. The van der Waals surface area contributed by atoms with Gasteiger partial charge >= 0.3 is 0 Å². The Morgan fingerprint density at radius 2 is 2.17 bits per heavy atom. The number of aryl methyl sites for hydroxylation is 3. The molecule has 1 N–H and O–H groups in total. The molecule has 23 heavy (non-hydrogen) atoms. The summed E-state index contributed by atoms with van der Waals surface area (Å²) >= 11 is 0. The molecule has 0 saturated heterocycles. The van der Waals surface area contributed by atoms with Crippen molar-refractivity contribution < 1.29 is 4.79 Å². The Hall–Kier alpha value is -3.03. The number of tetrazole rings is 1. The maximum Gasteiger partial charge on any atom is 0.226 e. The third kappa shape index (κ3) is 3.60. The van der Waals surface area contributed by atoms with Gasteiger partial charge < -0.3 is 5.32 Å². The van der Waals surface area contributed by atoms with Gasteiger partial charge in [0.25, 0.3) is 0 Å². The average Bonchev–Trinajstić information content (AvgIpc) is 3.14. The number of aromatic nitrogens is 6. The predicted molar refractivity (Wildman–Crippen MR) is 84.1 cm³/mol. The van der Waals surface area contributed by atoms with Crippen molar-refractivity contribution in [1.82, 2.24) is 30.0 Å². The maximum atomic E-state index is 12.1. The van der Waals surface area contributed by atoms with Crippen LogP contribution < -0.4 is 5.32 Å². The summed E-state index contributed by atoms with van der Waals surface area (Å²) in [7, 11) is 0. The minimum absolute atomic E-state index is 0.0660. The lowest BCUT2D eigenvalue weighted by Crippen LogP contribution is -2.15. The highest BCUT2D eigenvalue weighted by Crippen LogP contribution is 2.15. The summed E-state index contributed by atoms with van der Waals surface area (Å²) in [6.45, 7) is 4.33. The van der Waals surface area contributed by atoms with E-state index in [2.05, 4.69) is 25.9 Å². The van der Waals surface area contributed by atoms with Gasteiger partial charge in [0, 0.05) is 24.8 Å². The summed E-state index contributed by atoms with van der Waals surface area (Å²) in [5.74, 6) is 0.617. The second-order valence-corrected chi connectivity index (χ2v) is 5.27. The molecule has 0 radical (unpaired) electrons. The van der Waals surface area contributed by atoms with Gasteiger partial charge in [-0.15, -0.1) is 5.10 Å². The molecule has 2 aromatic heterocycles. The number of nitrogens with one attached hydrogen (secondary N) is 1. The Morgan fingerprint density at radius 3 is 2.87 bits per heavy atom. The Balaban J connectivity index is 1.63. The van der Waals surface area contributed by atoms with Crippen molar-refractivity contribution in [2.75, 3.05) is 5.32 Å². The SMILES string of the molecule is Cc1cnn(CCC(=O)Nc2cccc(-n3nnnc3C)c2)c1. The van der Waals surface area contributed by atoms with Crippen molar-refractivity contribution in [1.29, 1.82) is 0 Å². The van der Waals surface area contributed by atoms with E-state index in [0.717, 1.165) is 11.3 Å². The summed E-state index contributed by atoms with van der Waals surface area (Å²) in [5, 5.41) is 18.4. The van der Waals surface area contributed by atoms with Crippen LogP contribution in [0.15, 0.2) is 36.7 Å². The zero-order valence-electron chi connectivity index (χ0n) is 13.0. The van der Waals surface area contributed by atoms with Crippen LogP contribution in [-0.4, -0.2) is 35.9 Å². The van der Waals surface area contributed by atoms with Gasteiger partial charge in [-0.3, -0.25) is 9.48 Å². The zero-order chi connectivity index (χ0) is 16.2. The van der Waals surface area contributed by atoms with Crippen molar-refractivity contribution >= 4 is 11.6 Å². The number of amides is 1. The quantitative estimate of drug-likeness (QED) is 0.771. The average molecular weight is 311 g/mol. The van der Waals surface area contributed by atoms with Gasteiger partial charge in [0.1, 0.15) is 0 Å². The summed E-state index contributed by atoms with van der Waals surface area (Å²) < 4.78 is 3.37. The number of carbonyl (C=O) groups is 1. The van der Waals surface area contributed by atoms with E-state index in [9.17, 15) is 4.79 Å². The van der Waals surface area contributed by atoms with Crippen molar-refractivity contribution in [3.63, 3.8) is 0 Å². The minimum Gasteiger partial charge on any atom is -0.326 e. The second-order valence-electron chi connectivity index (χ2n) is 5.27. The molecule has 3 aromatic rings. The van der Waals surface area contributed by atoms with Crippen LogP contribution >= 0.6 is 0 Å². The molecule has 0 atom stereocenters. The first kappa shape index (κ1) is 14.9. The molecule has 1 amide bonds. The number of hydrogen-bond acceptors (Lipinski definition) is 5. The van der Waals surface area contributed by atoms with E-state index >= 15 is 0 Å². The molecular formula is C15H17N7O. The van der Waals surface area contributed by atoms with E-state index in [1.165, 1.54) is 0 Å². The van der Waals surface area contributed by atoms with Gasteiger partial charge in [-0.1, -0.05) is 6.07 Å². The highest BCUT2D eigenvalue weighted by Gasteiger charge is 2.07. The van der Waals surface area contributed by atoms with E-state index in [0.29, 0.717) is 24.5 Å². The summed E-state index contributed by atoms with van der Waals surface area (Å²) in [5.41, 5.74) is 2.59. The second kappa shape index (κ2) is 6.39. The third-order valence-electron chi connectivity index (χ3n) is 3.33. The van der Waals surface area contributed by atoms with Crippen LogP contribution in [0.25, 0.3) is 5.69 Å². The molecule has 0 fully saturated rings.